The standard InChI is InChI=1S/C14H20O/c1-4-11(2)12-5-7-13(8-6-12)14(3)9-10-15-14/h5-8,11H,4,9-10H2,1-3H3. The third-order valence-electron chi connectivity index (χ3n) is 3.70. The molecule has 0 saturated carbocycles. The molecule has 0 N–H and O–H groups in total. The molecule has 1 aromatic carbocycles. The molecule has 1 fully saturated rings. The van der Waals surface area contributed by atoms with Crippen LogP contribution in [0.2, 0.25) is 0 Å². The van der Waals surface area contributed by atoms with E-state index in [0.29, 0.717) is 5.92 Å². The van der Waals surface area contributed by atoms with Crippen LogP contribution in [0, 0.1) is 0 Å². The van der Waals surface area contributed by atoms with E-state index >= 15 is 0 Å². The van der Waals surface area contributed by atoms with Crippen LogP contribution in [0.5, 0.6) is 0 Å². The summed E-state index contributed by atoms with van der Waals surface area (Å²) >= 11 is 0. The molecule has 0 spiro atoms. The lowest BCUT2D eigenvalue weighted by Gasteiger charge is -2.39. The van der Waals surface area contributed by atoms with E-state index in [1.165, 1.54) is 17.5 Å². The summed E-state index contributed by atoms with van der Waals surface area (Å²) in [5, 5.41) is 0. The first-order chi connectivity index (χ1) is 7.15. The molecule has 2 atom stereocenters. The lowest BCUT2D eigenvalue weighted by molar-refractivity contribution is -0.140. The summed E-state index contributed by atoms with van der Waals surface area (Å²) in [5.74, 6) is 0.661. The molecule has 0 radical (unpaired) electrons. The predicted octanol–water partition coefficient (Wildman–Crippen LogP) is 3.84. The van der Waals surface area contributed by atoms with E-state index in [1.807, 2.05) is 0 Å². The lowest BCUT2D eigenvalue weighted by Crippen LogP contribution is -2.37. The van der Waals surface area contributed by atoms with Crippen molar-refractivity contribution in [1.29, 1.82) is 0 Å². The molecule has 0 aromatic heterocycles. The van der Waals surface area contributed by atoms with Crippen molar-refractivity contribution in [2.45, 2.75) is 45.1 Å². The number of benzene rings is 1. The second-order valence-corrected chi connectivity index (χ2v) is 4.76. The van der Waals surface area contributed by atoms with E-state index in [1.54, 1.807) is 0 Å². The van der Waals surface area contributed by atoms with Crippen LogP contribution in [0.3, 0.4) is 0 Å². The van der Waals surface area contributed by atoms with Crippen LogP contribution in [0.25, 0.3) is 0 Å². The van der Waals surface area contributed by atoms with Gasteiger partial charge in [-0.2, -0.15) is 0 Å². The highest BCUT2D eigenvalue weighted by Gasteiger charge is 2.34. The van der Waals surface area contributed by atoms with Gasteiger partial charge in [-0.05, 0) is 30.4 Å². The molecule has 82 valence electrons. The Morgan fingerprint density at radius 1 is 1.33 bits per heavy atom. The van der Waals surface area contributed by atoms with Crippen molar-refractivity contribution in [2.24, 2.45) is 0 Å². The molecular weight excluding hydrogens is 184 g/mol. The molecule has 1 aliphatic rings. The van der Waals surface area contributed by atoms with Crippen molar-refractivity contribution in [1.82, 2.24) is 0 Å². The maximum atomic E-state index is 5.63. The van der Waals surface area contributed by atoms with E-state index in [9.17, 15) is 0 Å². The molecule has 2 unspecified atom stereocenters. The van der Waals surface area contributed by atoms with Crippen molar-refractivity contribution in [3.8, 4) is 0 Å². The fourth-order valence-corrected chi connectivity index (χ4v) is 2.04. The monoisotopic (exact) mass is 204 g/mol. The number of hydrogen-bond acceptors (Lipinski definition) is 1. The molecule has 1 aromatic rings. The fourth-order valence-electron chi connectivity index (χ4n) is 2.04. The van der Waals surface area contributed by atoms with E-state index in [-0.39, 0.29) is 5.60 Å². The summed E-state index contributed by atoms with van der Waals surface area (Å²) in [6, 6.07) is 8.94. The average molecular weight is 204 g/mol. The highest BCUT2D eigenvalue weighted by atomic mass is 16.5. The maximum Gasteiger partial charge on any atom is 0.0925 e. The van der Waals surface area contributed by atoms with E-state index in [2.05, 4.69) is 45.0 Å². The van der Waals surface area contributed by atoms with Gasteiger partial charge in [0.2, 0.25) is 0 Å². The van der Waals surface area contributed by atoms with E-state index < -0.39 is 0 Å². The van der Waals surface area contributed by atoms with Gasteiger partial charge in [-0.25, -0.2) is 0 Å². The predicted molar refractivity (Wildman–Crippen MR) is 63.1 cm³/mol. The molecule has 15 heavy (non-hydrogen) atoms. The summed E-state index contributed by atoms with van der Waals surface area (Å²) in [7, 11) is 0. The van der Waals surface area contributed by atoms with Gasteiger partial charge in [-0.1, -0.05) is 38.1 Å². The van der Waals surface area contributed by atoms with Crippen LogP contribution in [0.15, 0.2) is 24.3 Å². The minimum absolute atomic E-state index is 0.00597. The van der Waals surface area contributed by atoms with Crippen LogP contribution in [-0.4, -0.2) is 6.61 Å². The Labute approximate surface area is 92.5 Å². The summed E-state index contributed by atoms with van der Waals surface area (Å²) in [6.45, 7) is 7.59. The molecule has 1 nitrogen and oxygen atoms in total. The minimum atomic E-state index is -0.00597. The Morgan fingerprint density at radius 3 is 2.33 bits per heavy atom. The lowest BCUT2D eigenvalue weighted by atomic mass is 9.87. The quantitative estimate of drug-likeness (QED) is 0.727. The SMILES string of the molecule is CCC(C)c1ccc(C2(C)CCO2)cc1. The van der Waals surface area contributed by atoms with Crippen molar-refractivity contribution >= 4 is 0 Å². The summed E-state index contributed by atoms with van der Waals surface area (Å²) < 4.78 is 5.63. The van der Waals surface area contributed by atoms with E-state index in [4.69, 9.17) is 4.74 Å². The smallest absolute Gasteiger partial charge is 0.0925 e. The van der Waals surface area contributed by atoms with Gasteiger partial charge in [-0.15, -0.1) is 0 Å². The molecule has 1 saturated heterocycles. The highest BCUT2D eigenvalue weighted by molar-refractivity contribution is 5.29. The molecule has 1 aliphatic heterocycles. The third kappa shape index (κ3) is 1.93. The average Bonchev–Trinajstić information content (AvgIpc) is 2.25. The van der Waals surface area contributed by atoms with Crippen LogP contribution in [0.1, 0.15) is 50.7 Å². The topological polar surface area (TPSA) is 9.23 Å². The zero-order valence-electron chi connectivity index (χ0n) is 9.92. The molecule has 0 aliphatic carbocycles. The molecule has 1 heteroatoms. The van der Waals surface area contributed by atoms with Gasteiger partial charge < -0.3 is 4.74 Å². The number of rotatable bonds is 3. The normalized spacial score (nSPS) is 27.1. The maximum absolute atomic E-state index is 5.63. The van der Waals surface area contributed by atoms with Crippen LogP contribution in [-0.2, 0) is 10.3 Å². The Kier molecular flexibility index (Phi) is 2.83. The molecular formula is C14H20O. The largest absolute Gasteiger partial charge is 0.370 e. The first-order valence-corrected chi connectivity index (χ1v) is 5.90. The number of ether oxygens (including phenoxy) is 1. The second kappa shape index (κ2) is 3.97. The molecule has 2 rings (SSSR count). The summed E-state index contributed by atoms with van der Waals surface area (Å²) in [4.78, 5) is 0. The van der Waals surface area contributed by atoms with Crippen molar-refractivity contribution in [3.63, 3.8) is 0 Å². The Morgan fingerprint density at radius 2 is 1.93 bits per heavy atom. The van der Waals surface area contributed by atoms with Crippen LogP contribution >= 0.6 is 0 Å². The van der Waals surface area contributed by atoms with E-state index in [0.717, 1.165) is 13.0 Å². The zero-order valence-corrected chi connectivity index (χ0v) is 9.92. The first-order valence-electron chi connectivity index (χ1n) is 5.90. The Balaban J connectivity index is 2.17. The fraction of sp³-hybridized carbons (Fsp3) is 0.571. The minimum Gasteiger partial charge on any atom is -0.370 e. The third-order valence-corrected chi connectivity index (χ3v) is 3.70. The van der Waals surface area contributed by atoms with Crippen LogP contribution in [0.4, 0.5) is 0 Å². The van der Waals surface area contributed by atoms with Crippen LogP contribution < -0.4 is 0 Å². The van der Waals surface area contributed by atoms with Gasteiger partial charge in [0, 0.05) is 6.42 Å². The summed E-state index contributed by atoms with van der Waals surface area (Å²) in [5.41, 5.74) is 2.75. The van der Waals surface area contributed by atoms with Gasteiger partial charge in [0.1, 0.15) is 0 Å². The first kappa shape index (κ1) is 10.7. The van der Waals surface area contributed by atoms with Crippen molar-refractivity contribution < 1.29 is 4.74 Å². The highest BCUT2D eigenvalue weighted by Crippen LogP contribution is 2.37. The van der Waals surface area contributed by atoms with Gasteiger partial charge in [-0.3, -0.25) is 0 Å². The molecule has 0 amide bonds. The zero-order chi connectivity index (χ0) is 10.9. The van der Waals surface area contributed by atoms with Crippen molar-refractivity contribution in [3.05, 3.63) is 35.4 Å². The van der Waals surface area contributed by atoms with Gasteiger partial charge >= 0.3 is 0 Å². The second-order valence-electron chi connectivity index (χ2n) is 4.76. The Hall–Kier alpha value is -0.820. The Bertz CT molecular complexity index is 322. The van der Waals surface area contributed by atoms with Gasteiger partial charge in [0.05, 0.1) is 12.2 Å². The number of hydrogen-bond donors (Lipinski definition) is 0. The summed E-state index contributed by atoms with van der Waals surface area (Å²) in [6.07, 6.45) is 2.35. The van der Waals surface area contributed by atoms with Gasteiger partial charge in [0.25, 0.3) is 0 Å². The molecule has 0 bridgehead atoms. The van der Waals surface area contributed by atoms with Crippen molar-refractivity contribution in [2.75, 3.05) is 6.61 Å². The molecule has 1 heterocycles. The van der Waals surface area contributed by atoms with Gasteiger partial charge in [0.15, 0.2) is 0 Å².